The van der Waals surface area contributed by atoms with Gasteiger partial charge in [-0.25, -0.2) is 4.79 Å². The summed E-state index contributed by atoms with van der Waals surface area (Å²) in [6.07, 6.45) is -0.257. The number of rotatable bonds is 10. The van der Waals surface area contributed by atoms with Crippen LogP contribution in [0.3, 0.4) is 0 Å². The number of likely N-dealkylation sites (tertiary alicyclic amines) is 1. The van der Waals surface area contributed by atoms with E-state index in [0.29, 0.717) is 19.3 Å². The molecule has 40 heavy (non-hydrogen) atoms. The van der Waals surface area contributed by atoms with Crippen molar-refractivity contribution in [3.8, 4) is 0 Å². The van der Waals surface area contributed by atoms with E-state index in [4.69, 9.17) is 5.73 Å². The largest absolute Gasteiger partial charge is 0.411 e. The van der Waals surface area contributed by atoms with E-state index in [2.05, 4.69) is 10.6 Å². The number of hydrogen-bond acceptors (Lipinski definition) is 5. The van der Waals surface area contributed by atoms with Gasteiger partial charge in [-0.05, 0) is 56.3 Å². The number of piperidine rings is 1. The van der Waals surface area contributed by atoms with Crippen molar-refractivity contribution in [1.29, 1.82) is 0 Å². The first-order chi connectivity index (χ1) is 18.4. The fourth-order valence-corrected chi connectivity index (χ4v) is 6.36. The second-order valence-corrected chi connectivity index (χ2v) is 12.6. The molecule has 0 aromatic heterocycles. The summed E-state index contributed by atoms with van der Waals surface area (Å²) >= 11 is 0. The van der Waals surface area contributed by atoms with Crippen LogP contribution in [0, 0.1) is 23.2 Å². The molecule has 226 valence electrons. The highest BCUT2D eigenvalue weighted by Crippen LogP contribution is 2.65. The number of nitrogens with two attached hydrogens (primary N) is 1. The van der Waals surface area contributed by atoms with Crippen molar-refractivity contribution >= 4 is 29.5 Å². The monoisotopic (exact) mass is 573 g/mol. The molecule has 1 heterocycles. The van der Waals surface area contributed by atoms with Gasteiger partial charge in [-0.1, -0.05) is 46.5 Å². The van der Waals surface area contributed by atoms with Crippen LogP contribution >= 0.6 is 0 Å². The third-order valence-corrected chi connectivity index (χ3v) is 9.02. The van der Waals surface area contributed by atoms with Gasteiger partial charge in [-0.15, -0.1) is 0 Å². The zero-order chi connectivity index (χ0) is 30.2. The van der Waals surface area contributed by atoms with Gasteiger partial charge >= 0.3 is 12.2 Å². The molecule has 1 aliphatic heterocycles. The van der Waals surface area contributed by atoms with Gasteiger partial charge in [-0.3, -0.25) is 19.2 Å². The number of Topliss-reactive ketones (excluding diaryl/α,β-unsaturated/α-hetero) is 1. The highest BCUT2D eigenvalue weighted by Gasteiger charge is 2.69. The minimum atomic E-state index is -4.71. The van der Waals surface area contributed by atoms with Gasteiger partial charge in [0.2, 0.25) is 17.6 Å². The van der Waals surface area contributed by atoms with Gasteiger partial charge in [0.25, 0.3) is 5.91 Å². The zero-order valence-electron chi connectivity index (χ0n) is 23.8. The Morgan fingerprint density at radius 3 is 2.15 bits per heavy atom. The number of nitrogens with zero attached hydrogens (tertiary/aromatic N) is 1. The number of hydrogen-bond donors (Lipinski definition) is 4. The lowest BCUT2D eigenvalue weighted by atomic mass is 9.83. The summed E-state index contributed by atoms with van der Waals surface area (Å²) < 4.78 is 40.2. The van der Waals surface area contributed by atoms with Gasteiger partial charge < -0.3 is 26.6 Å². The molecule has 10 nitrogen and oxygen atoms in total. The number of primary amides is 1. The Balaban J connectivity index is 1.86. The molecular formula is C27H42F3N5O5. The summed E-state index contributed by atoms with van der Waals surface area (Å²) in [6.45, 7) is 7.64. The number of carbonyl (C=O) groups is 5. The molecule has 5 N–H and O–H groups in total. The third-order valence-electron chi connectivity index (χ3n) is 9.02. The number of nitrogens with one attached hydrogen (secondary N) is 3. The highest BCUT2D eigenvalue weighted by molar-refractivity contribution is 6.37. The Morgan fingerprint density at radius 2 is 1.62 bits per heavy atom. The molecule has 2 saturated carbocycles. The number of alkyl halides is 3. The summed E-state index contributed by atoms with van der Waals surface area (Å²) in [6, 6.07) is -4.34. The first kappa shape index (κ1) is 31.7. The Hall–Kier alpha value is -2.86. The Kier molecular flexibility index (Phi) is 9.15. The predicted molar refractivity (Wildman–Crippen MR) is 139 cm³/mol. The minimum Gasteiger partial charge on any atom is -0.363 e. The van der Waals surface area contributed by atoms with Gasteiger partial charge in [0.1, 0.15) is 17.6 Å². The second-order valence-electron chi connectivity index (χ2n) is 12.6. The van der Waals surface area contributed by atoms with E-state index in [9.17, 15) is 37.1 Å². The van der Waals surface area contributed by atoms with E-state index in [0.717, 1.165) is 33.1 Å². The molecule has 1 unspecified atom stereocenters. The third kappa shape index (κ3) is 6.38. The Bertz CT molecular complexity index is 1020. The highest BCUT2D eigenvalue weighted by atomic mass is 19.4. The minimum absolute atomic E-state index is 0.00587. The first-order valence-electron chi connectivity index (χ1n) is 14.0. The van der Waals surface area contributed by atoms with Crippen LogP contribution in [0.5, 0.6) is 0 Å². The van der Waals surface area contributed by atoms with E-state index in [1.54, 1.807) is 6.92 Å². The molecule has 3 aliphatic rings. The van der Waals surface area contributed by atoms with Crippen molar-refractivity contribution < 1.29 is 37.1 Å². The number of ketones is 1. The van der Waals surface area contributed by atoms with Crippen LogP contribution in [0.25, 0.3) is 0 Å². The number of carbonyl (C=O) groups excluding carboxylic acids is 5. The van der Waals surface area contributed by atoms with Crippen LogP contribution in [-0.2, 0) is 19.2 Å². The molecule has 0 aromatic rings. The topological polar surface area (TPSA) is 151 Å². The lowest BCUT2D eigenvalue weighted by Gasteiger charge is -2.38. The number of halogens is 3. The van der Waals surface area contributed by atoms with Crippen LogP contribution in [0.2, 0.25) is 0 Å². The number of urea groups is 1. The van der Waals surface area contributed by atoms with Crippen molar-refractivity contribution in [2.75, 3.05) is 6.54 Å². The summed E-state index contributed by atoms with van der Waals surface area (Å²) in [4.78, 5) is 65.6. The molecular weight excluding hydrogens is 531 g/mol. The zero-order valence-corrected chi connectivity index (χ0v) is 23.8. The fourth-order valence-electron chi connectivity index (χ4n) is 6.36. The van der Waals surface area contributed by atoms with E-state index in [-0.39, 0.29) is 36.1 Å². The maximum atomic E-state index is 14.0. The van der Waals surface area contributed by atoms with Crippen molar-refractivity contribution in [3.05, 3.63) is 0 Å². The average Bonchev–Trinajstić information content (AvgIpc) is 3.18. The molecule has 3 fully saturated rings. The van der Waals surface area contributed by atoms with Crippen molar-refractivity contribution in [2.24, 2.45) is 28.9 Å². The van der Waals surface area contributed by atoms with Gasteiger partial charge in [0, 0.05) is 6.54 Å². The quantitative estimate of drug-likeness (QED) is 0.296. The van der Waals surface area contributed by atoms with E-state index in [1.165, 1.54) is 4.90 Å². The maximum Gasteiger partial charge on any atom is 0.411 e. The average molecular weight is 574 g/mol. The molecule has 13 heteroatoms. The van der Waals surface area contributed by atoms with Gasteiger partial charge in [0.15, 0.2) is 0 Å². The normalized spacial score (nSPS) is 25.8. The molecule has 0 radical (unpaired) electrons. The summed E-state index contributed by atoms with van der Waals surface area (Å²) in [5.74, 6) is -3.76. The second kappa shape index (κ2) is 11.6. The number of fused-ring (bicyclic) bond motifs is 1. The molecule has 3 rings (SSSR count). The SMILES string of the molecule is CCCC(NC(=O)[C@@H]1[C@@H]2[C@H](CN1C(=O)[C@@H](NC(=O)NC(C)(C)C(F)(F)F)C1CCCCC1)C2(C)C)C(=O)C(N)=O. The maximum absolute atomic E-state index is 14.0. The van der Waals surface area contributed by atoms with Gasteiger partial charge in [0.05, 0.1) is 6.04 Å². The standard InChI is InChI=1S/C27H42F3N5O5/c1-6-10-16(20(36)21(31)37)32-22(38)19-17-15(25(17,2)3)13-35(19)23(39)18(14-11-8-7-9-12-14)33-24(40)34-26(4,5)27(28,29)30/h14-19H,6-13H2,1-5H3,(H2,31,37)(H,32,38)(H2,33,34,40)/t15-,16?,17-,18-,19-/m0/s1. The van der Waals surface area contributed by atoms with Crippen molar-refractivity contribution in [3.63, 3.8) is 0 Å². The van der Waals surface area contributed by atoms with Crippen LogP contribution in [0.15, 0.2) is 0 Å². The van der Waals surface area contributed by atoms with Crippen LogP contribution in [0.1, 0.15) is 79.6 Å². The molecule has 0 bridgehead atoms. The van der Waals surface area contributed by atoms with E-state index >= 15 is 0 Å². The first-order valence-corrected chi connectivity index (χ1v) is 14.0. The molecule has 0 spiro atoms. The fraction of sp³-hybridized carbons (Fsp3) is 0.815. The molecule has 2 aliphatic carbocycles. The summed E-state index contributed by atoms with van der Waals surface area (Å²) in [5, 5.41) is 7.06. The molecule has 5 atom stereocenters. The Labute approximate surface area is 232 Å². The molecule has 0 aromatic carbocycles. The lowest BCUT2D eigenvalue weighted by Crippen LogP contribution is -2.63. The smallest absolute Gasteiger partial charge is 0.363 e. The van der Waals surface area contributed by atoms with Crippen molar-refractivity contribution in [1.82, 2.24) is 20.9 Å². The van der Waals surface area contributed by atoms with E-state index < -0.39 is 59.4 Å². The Morgan fingerprint density at radius 1 is 1.02 bits per heavy atom. The molecule has 1 saturated heterocycles. The summed E-state index contributed by atoms with van der Waals surface area (Å²) in [5.41, 5.74) is 2.39. The van der Waals surface area contributed by atoms with E-state index in [1.807, 2.05) is 19.2 Å². The van der Waals surface area contributed by atoms with Crippen LogP contribution in [-0.4, -0.2) is 70.8 Å². The van der Waals surface area contributed by atoms with Crippen LogP contribution < -0.4 is 21.7 Å². The van der Waals surface area contributed by atoms with Crippen molar-refractivity contribution in [2.45, 2.75) is 109 Å². The number of amides is 5. The summed E-state index contributed by atoms with van der Waals surface area (Å²) in [7, 11) is 0. The molecule has 5 amide bonds. The van der Waals surface area contributed by atoms with Crippen LogP contribution in [0.4, 0.5) is 18.0 Å². The van der Waals surface area contributed by atoms with Gasteiger partial charge in [-0.2, -0.15) is 13.2 Å². The lowest BCUT2D eigenvalue weighted by molar-refractivity contribution is -0.182. The predicted octanol–water partition coefficient (Wildman–Crippen LogP) is 2.40.